The molecule has 0 amide bonds. The first-order valence-corrected chi connectivity index (χ1v) is 5.68. The molecular formula is C10H12ClN3O3. The van der Waals surface area contributed by atoms with E-state index >= 15 is 0 Å². The molecule has 0 spiro atoms. The van der Waals surface area contributed by atoms with Gasteiger partial charge in [-0.05, 0) is 19.3 Å². The summed E-state index contributed by atoms with van der Waals surface area (Å²) in [7, 11) is 0. The largest absolute Gasteiger partial charge is 0.393 e. The molecule has 0 bridgehead atoms. The highest BCUT2D eigenvalue weighted by molar-refractivity contribution is 6.29. The summed E-state index contributed by atoms with van der Waals surface area (Å²) in [5.41, 5.74) is 0.255. The maximum atomic E-state index is 10.8. The number of hydrogen-bond donors (Lipinski definition) is 2. The van der Waals surface area contributed by atoms with Crippen molar-refractivity contribution in [2.24, 2.45) is 0 Å². The molecule has 92 valence electrons. The first-order valence-electron chi connectivity index (χ1n) is 5.31. The molecule has 2 N–H and O–H groups in total. The summed E-state index contributed by atoms with van der Waals surface area (Å²) in [6.45, 7) is 0. The van der Waals surface area contributed by atoms with Gasteiger partial charge >= 0.3 is 5.69 Å². The summed E-state index contributed by atoms with van der Waals surface area (Å²) in [6, 6.07) is 1.48. The smallest absolute Gasteiger partial charge is 0.310 e. The first kappa shape index (κ1) is 12.1. The van der Waals surface area contributed by atoms with Crippen LogP contribution in [0.4, 0.5) is 11.4 Å². The number of halogens is 1. The Morgan fingerprint density at radius 3 is 2.94 bits per heavy atom. The Balaban J connectivity index is 2.19. The van der Waals surface area contributed by atoms with Crippen molar-refractivity contribution in [3.05, 3.63) is 27.5 Å². The first-order chi connectivity index (χ1) is 8.06. The van der Waals surface area contributed by atoms with Crippen molar-refractivity contribution in [1.29, 1.82) is 0 Å². The van der Waals surface area contributed by atoms with Crippen LogP contribution in [-0.4, -0.2) is 27.2 Å². The van der Waals surface area contributed by atoms with Crippen LogP contribution in [0.3, 0.4) is 0 Å². The van der Waals surface area contributed by atoms with Crippen molar-refractivity contribution in [1.82, 2.24) is 4.98 Å². The number of nitrogens with zero attached hydrogens (tertiary/aromatic N) is 2. The van der Waals surface area contributed by atoms with Gasteiger partial charge in [-0.25, -0.2) is 4.98 Å². The van der Waals surface area contributed by atoms with Gasteiger partial charge in [0.2, 0.25) is 0 Å². The molecule has 7 heteroatoms. The maximum Gasteiger partial charge on any atom is 0.310 e. The lowest BCUT2D eigenvalue weighted by Crippen LogP contribution is -2.17. The van der Waals surface area contributed by atoms with E-state index in [0.717, 1.165) is 12.6 Å². The molecule has 1 aromatic rings. The van der Waals surface area contributed by atoms with E-state index in [1.807, 2.05) is 0 Å². The lowest BCUT2D eigenvalue weighted by Gasteiger charge is -2.13. The molecule has 1 heterocycles. The molecule has 0 radical (unpaired) electrons. The van der Waals surface area contributed by atoms with E-state index in [1.54, 1.807) is 0 Å². The topological polar surface area (TPSA) is 88.3 Å². The van der Waals surface area contributed by atoms with Crippen LogP contribution in [0.25, 0.3) is 0 Å². The van der Waals surface area contributed by atoms with Gasteiger partial charge in [-0.3, -0.25) is 10.1 Å². The average molecular weight is 258 g/mol. The minimum atomic E-state index is -0.503. The lowest BCUT2D eigenvalue weighted by atomic mass is 10.2. The van der Waals surface area contributed by atoms with Gasteiger partial charge in [0.1, 0.15) is 17.0 Å². The zero-order valence-electron chi connectivity index (χ0n) is 8.97. The number of rotatable bonds is 3. The van der Waals surface area contributed by atoms with E-state index in [9.17, 15) is 15.2 Å². The Morgan fingerprint density at radius 1 is 1.59 bits per heavy atom. The Kier molecular flexibility index (Phi) is 3.44. The third-order valence-corrected chi connectivity index (χ3v) is 3.02. The Bertz CT molecular complexity index is 441. The highest BCUT2D eigenvalue weighted by Crippen LogP contribution is 2.29. The van der Waals surface area contributed by atoms with Crippen molar-refractivity contribution in [3.63, 3.8) is 0 Å². The second kappa shape index (κ2) is 4.85. The van der Waals surface area contributed by atoms with E-state index < -0.39 is 4.92 Å². The van der Waals surface area contributed by atoms with E-state index in [-0.39, 0.29) is 23.0 Å². The number of aliphatic hydroxyl groups excluding tert-OH is 1. The number of hydrogen-bond acceptors (Lipinski definition) is 5. The molecule has 2 rings (SSSR count). The van der Waals surface area contributed by atoms with E-state index in [4.69, 9.17) is 11.6 Å². The van der Waals surface area contributed by atoms with Gasteiger partial charge in [-0.1, -0.05) is 11.6 Å². The molecule has 0 unspecified atom stereocenters. The predicted molar refractivity (Wildman–Crippen MR) is 63.2 cm³/mol. The molecule has 1 aromatic heterocycles. The Morgan fingerprint density at radius 2 is 2.35 bits per heavy atom. The predicted octanol–water partition coefficient (Wildman–Crippen LogP) is 1.97. The average Bonchev–Trinajstić information content (AvgIpc) is 2.63. The number of nitro groups is 1. The molecule has 1 fully saturated rings. The number of pyridine rings is 1. The highest BCUT2D eigenvalue weighted by Gasteiger charge is 2.25. The third-order valence-electron chi connectivity index (χ3n) is 2.81. The molecule has 0 aliphatic heterocycles. The Hall–Kier alpha value is -1.40. The van der Waals surface area contributed by atoms with E-state index in [2.05, 4.69) is 10.3 Å². The van der Waals surface area contributed by atoms with Gasteiger partial charge in [0.05, 0.1) is 11.0 Å². The summed E-state index contributed by atoms with van der Waals surface area (Å²) in [4.78, 5) is 14.0. The van der Waals surface area contributed by atoms with Crippen LogP contribution in [0.1, 0.15) is 19.3 Å². The van der Waals surface area contributed by atoms with Crippen molar-refractivity contribution < 1.29 is 10.0 Å². The zero-order valence-corrected chi connectivity index (χ0v) is 9.72. The quantitative estimate of drug-likeness (QED) is 0.491. The van der Waals surface area contributed by atoms with Crippen LogP contribution in [-0.2, 0) is 0 Å². The van der Waals surface area contributed by atoms with Crippen LogP contribution < -0.4 is 5.32 Å². The Labute approximate surface area is 103 Å². The van der Waals surface area contributed by atoms with Crippen LogP contribution in [0.2, 0.25) is 5.15 Å². The number of anilines is 1. The monoisotopic (exact) mass is 257 g/mol. The maximum absolute atomic E-state index is 10.8. The lowest BCUT2D eigenvalue weighted by molar-refractivity contribution is -0.384. The van der Waals surface area contributed by atoms with Gasteiger partial charge in [0.15, 0.2) is 0 Å². The molecule has 1 saturated carbocycles. The van der Waals surface area contributed by atoms with Crippen molar-refractivity contribution in [3.8, 4) is 0 Å². The summed E-state index contributed by atoms with van der Waals surface area (Å²) in [5.74, 6) is 0. The summed E-state index contributed by atoms with van der Waals surface area (Å²) < 4.78 is 0. The van der Waals surface area contributed by atoms with Crippen LogP contribution in [0, 0.1) is 10.1 Å². The van der Waals surface area contributed by atoms with Crippen LogP contribution in [0.15, 0.2) is 12.3 Å². The van der Waals surface area contributed by atoms with Crippen molar-refractivity contribution in [2.45, 2.75) is 31.4 Å². The molecule has 1 aliphatic carbocycles. The molecule has 6 nitrogen and oxygen atoms in total. The highest BCUT2D eigenvalue weighted by atomic mass is 35.5. The molecule has 2 atom stereocenters. The van der Waals surface area contributed by atoms with Gasteiger partial charge in [-0.2, -0.15) is 0 Å². The van der Waals surface area contributed by atoms with Crippen molar-refractivity contribution >= 4 is 23.0 Å². The SMILES string of the molecule is O=[N+]([O-])c1cnc(Cl)cc1N[C@H]1CC[C@@H](O)C1. The molecule has 0 saturated heterocycles. The minimum absolute atomic E-state index is 0.0437. The van der Waals surface area contributed by atoms with Gasteiger partial charge in [0.25, 0.3) is 0 Å². The molecular weight excluding hydrogens is 246 g/mol. The fourth-order valence-corrected chi connectivity index (χ4v) is 2.15. The number of aliphatic hydroxyl groups is 1. The standard InChI is InChI=1S/C10H12ClN3O3/c11-10-4-8(9(5-12-10)14(16)17)13-6-1-2-7(15)3-6/h4-7,15H,1-3H2,(H,12,13)/t6-,7+/m0/s1. The van der Waals surface area contributed by atoms with Gasteiger partial charge in [-0.15, -0.1) is 0 Å². The summed E-state index contributed by atoms with van der Waals surface area (Å²) in [5, 5.41) is 23.4. The minimum Gasteiger partial charge on any atom is -0.393 e. The van der Waals surface area contributed by atoms with E-state index in [1.165, 1.54) is 6.07 Å². The third kappa shape index (κ3) is 2.83. The molecule has 1 aliphatic rings. The molecule has 17 heavy (non-hydrogen) atoms. The number of nitrogens with one attached hydrogen (secondary N) is 1. The second-order valence-corrected chi connectivity index (χ2v) is 4.48. The summed E-state index contributed by atoms with van der Waals surface area (Å²) >= 11 is 5.71. The zero-order chi connectivity index (χ0) is 12.4. The van der Waals surface area contributed by atoms with Crippen LogP contribution >= 0.6 is 11.6 Å². The summed E-state index contributed by atoms with van der Waals surface area (Å²) in [6.07, 6.45) is 2.90. The second-order valence-electron chi connectivity index (χ2n) is 4.09. The fourth-order valence-electron chi connectivity index (χ4n) is 1.99. The fraction of sp³-hybridized carbons (Fsp3) is 0.500. The van der Waals surface area contributed by atoms with Crippen molar-refractivity contribution in [2.75, 3.05) is 5.32 Å². The van der Waals surface area contributed by atoms with Gasteiger partial charge in [0, 0.05) is 12.1 Å². The number of aromatic nitrogens is 1. The van der Waals surface area contributed by atoms with Crippen LogP contribution in [0.5, 0.6) is 0 Å². The van der Waals surface area contributed by atoms with E-state index in [0.29, 0.717) is 18.5 Å². The van der Waals surface area contributed by atoms with Gasteiger partial charge < -0.3 is 10.4 Å². The molecule has 0 aromatic carbocycles. The normalized spacial score (nSPS) is 23.6.